The predicted octanol–water partition coefficient (Wildman–Crippen LogP) is 3.22. The summed E-state index contributed by atoms with van der Waals surface area (Å²) < 4.78 is 12.2. The molecule has 0 saturated carbocycles. The molecule has 2 aromatic carbocycles. The molecular weight excluding hydrogens is 368 g/mol. The Bertz CT molecular complexity index is 1060. The van der Waals surface area contributed by atoms with Crippen LogP contribution >= 0.6 is 0 Å². The van der Waals surface area contributed by atoms with Crippen molar-refractivity contribution in [1.82, 2.24) is 15.1 Å². The Kier molecular flexibility index (Phi) is 5.39. The van der Waals surface area contributed by atoms with Crippen molar-refractivity contribution in [2.24, 2.45) is 4.99 Å². The highest BCUT2D eigenvalue weighted by molar-refractivity contribution is 6.10. The molecule has 0 saturated heterocycles. The Morgan fingerprint density at radius 3 is 2.76 bits per heavy atom. The lowest BCUT2D eigenvalue weighted by atomic mass is 9.99. The zero-order valence-electron chi connectivity index (χ0n) is 16.4. The molecule has 0 atom stereocenters. The van der Waals surface area contributed by atoms with Gasteiger partial charge in [-0.05, 0) is 17.7 Å². The van der Waals surface area contributed by atoms with E-state index in [9.17, 15) is 4.79 Å². The third-order valence-electron chi connectivity index (χ3n) is 4.81. The quantitative estimate of drug-likeness (QED) is 0.701. The molecule has 1 aliphatic rings. The first kappa shape index (κ1) is 18.9. The van der Waals surface area contributed by atoms with Crippen LogP contribution in [0.25, 0.3) is 11.1 Å². The van der Waals surface area contributed by atoms with Crippen LogP contribution in [-0.2, 0) is 17.7 Å². The van der Waals surface area contributed by atoms with Crippen molar-refractivity contribution in [2.45, 2.75) is 13.0 Å². The van der Waals surface area contributed by atoms with Crippen LogP contribution < -0.4 is 10.1 Å². The summed E-state index contributed by atoms with van der Waals surface area (Å²) in [7, 11) is 3.27. The number of amidine groups is 1. The van der Waals surface area contributed by atoms with Gasteiger partial charge in [0.1, 0.15) is 11.6 Å². The maximum Gasteiger partial charge on any atom is 0.259 e. The second kappa shape index (κ2) is 8.28. The van der Waals surface area contributed by atoms with Gasteiger partial charge in [0.2, 0.25) is 0 Å². The van der Waals surface area contributed by atoms with Gasteiger partial charge in [-0.25, -0.2) is 4.99 Å². The molecule has 0 fully saturated rings. The fourth-order valence-corrected chi connectivity index (χ4v) is 3.36. The molecule has 2 heterocycles. The fourth-order valence-electron chi connectivity index (χ4n) is 3.36. The van der Waals surface area contributed by atoms with Gasteiger partial charge in [-0.3, -0.25) is 9.48 Å². The Labute approximate surface area is 169 Å². The number of methoxy groups -OCH3 is 2. The smallest absolute Gasteiger partial charge is 0.259 e. The van der Waals surface area contributed by atoms with Crippen molar-refractivity contribution in [2.75, 3.05) is 20.8 Å². The number of nitrogens with one attached hydrogen (secondary N) is 1. The van der Waals surface area contributed by atoms with Gasteiger partial charge in [-0.2, -0.15) is 5.10 Å². The summed E-state index contributed by atoms with van der Waals surface area (Å²) in [5.74, 6) is 1.12. The molecule has 1 amide bonds. The highest BCUT2D eigenvalue weighted by Crippen LogP contribution is 2.42. The summed E-state index contributed by atoms with van der Waals surface area (Å²) in [4.78, 5) is 17.4. The predicted molar refractivity (Wildman–Crippen MR) is 111 cm³/mol. The molecule has 1 aromatic heterocycles. The number of hydrogen-bond donors (Lipinski definition) is 1. The average Bonchev–Trinajstić information content (AvgIpc) is 3.39. The molecule has 0 aliphatic carbocycles. The van der Waals surface area contributed by atoms with Crippen LogP contribution in [0.2, 0.25) is 0 Å². The number of aromatic nitrogens is 2. The van der Waals surface area contributed by atoms with Crippen molar-refractivity contribution in [1.29, 1.82) is 0 Å². The Balaban J connectivity index is 1.58. The largest absolute Gasteiger partial charge is 0.496 e. The molecule has 7 nitrogen and oxygen atoms in total. The topological polar surface area (TPSA) is 77.7 Å². The van der Waals surface area contributed by atoms with E-state index in [1.165, 1.54) is 0 Å². The van der Waals surface area contributed by atoms with Crippen molar-refractivity contribution >= 4 is 17.4 Å². The van der Waals surface area contributed by atoms with Crippen LogP contribution in [0.5, 0.6) is 5.75 Å². The van der Waals surface area contributed by atoms with Crippen LogP contribution in [0.15, 0.2) is 59.9 Å². The number of amides is 1. The Morgan fingerprint density at radius 1 is 1.17 bits per heavy atom. The molecule has 0 unspecified atom stereocenters. The van der Waals surface area contributed by atoms with E-state index in [0.717, 1.165) is 28.1 Å². The second-order valence-corrected chi connectivity index (χ2v) is 6.68. The molecule has 0 spiro atoms. The normalized spacial score (nSPS) is 12.4. The molecule has 1 aliphatic heterocycles. The first-order valence-corrected chi connectivity index (χ1v) is 9.35. The summed E-state index contributed by atoms with van der Waals surface area (Å²) >= 11 is 0. The van der Waals surface area contributed by atoms with Gasteiger partial charge in [0.25, 0.3) is 5.91 Å². The summed E-state index contributed by atoms with van der Waals surface area (Å²) in [6, 6.07) is 14.0. The first-order chi connectivity index (χ1) is 14.2. The zero-order chi connectivity index (χ0) is 20.2. The average molecular weight is 390 g/mol. The maximum absolute atomic E-state index is 12.6. The number of benzene rings is 2. The van der Waals surface area contributed by atoms with Crippen LogP contribution in [0, 0.1) is 0 Å². The highest BCUT2D eigenvalue weighted by atomic mass is 16.5. The van der Waals surface area contributed by atoms with Crippen molar-refractivity contribution < 1.29 is 14.3 Å². The van der Waals surface area contributed by atoms with Crippen LogP contribution in [0.3, 0.4) is 0 Å². The van der Waals surface area contributed by atoms with Crippen LogP contribution in [0.4, 0.5) is 5.69 Å². The third-order valence-corrected chi connectivity index (χ3v) is 4.81. The molecule has 29 heavy (non-hydrogen) atoms. The number of ether oxygens (including phenoxy) is 2. The molecule has 4 rings (SSSR count). The molecule has 148 valence electrons. The fraction of sp³-hybridized carbons (Fsp3) is 0.227. The highest BCUT2D eigenvalue weighted by Gasteiger charge is 2.24. The Morgan fingerprint density at radius 2 is 2.00 bits per heavy atom. The minimum Gasteiger partial charge on any atom is -0.496 e. The maximum atomic E-state index is 12.6. The SMILES string of the molecule is COCCn1cc(C(=O)NC2=Nc3c(-c4ccccc4)ccc(OC)c3C2)cn1. The van der Waals surface area contributed by atoms with E-state index in [-0.39, 0.29) is 5.91 Å². The van der Waals surface area contributed by atoms with E-state index in [2.05, 4.69) is 10.4 Å². The summed E-state index contributed by atoms with van der Waals surface area (Å²) in [6.45, 7) is 1.13. The monoisotopic (exact) mass is 390 g/mol. The summed E-state index contributed by atoms with van der Waals surface area (Å²) in [5, 5.41) is 7.10. The van der Waals surface area contributed by atoms with Gasteiger partial charge in [0.15, 0.2) is 0 Å². The standard InChI is InChI=1S/C22H22N4O3/c1-28-11-10-26-14-16(13-23-26)22(27)25-20-12-18-19(29-2)9-8-17(21(18)24-20)15-6-4-3-5-7-15/h3-9,13-14H,10-12H2,1-2H3,(H,24,25,27). The minimum absolute atomic E-state index is 0.236. The minimum atomic E-state index is -0.236. The van der Waals surface area contributed by atoms with E-state index < -0.39 is 0 Å². The zero-order valence-corrected chi connectivity index (χ0v) is 16.4. The van der Waals surface area contributed by atoms with Crippen molar-refractivity contribution in [3.8, 4) is 16.9 Å². The van der Waals surface area contributed by atoms with Gasteiger partial charge >= 0.3 is 0 Å². The van der Waals surface area contributed by atoms with Crippen LogP contribution in [0.1, 0.15) is 15.9 Å². The van der Waals surface area contributed by atoms with Crippen molar-refractivity contribution in [3.05, 3.63) is 66.0 Å². The van der Waals surface area contributed by atoms with E-state index in [1.54, 1.807) is 31.3 Å². The van der Waals surface area contributed by atoms with E-state index in [0.29, 0.717) is 31.0 Å². The van der Waals surface area contributed by atoms with Gasteiger partial charge in [-0.15, -0.1) is 0 Å². The summed E-state index contributed by atoms with van der Waals surface area (Å²) in [5.41, 5.74) is 4.37. The number of fused-ring (bicyclic) bond motifs is 1. The molecule has 7 heteroatoms. The second-order valence-electron chi connectivity index (χ2n) is 6.68. The van der Waals surface area contributed by atoms with E-state index in [4.69, 9.17) is 14.5 Å². The Hall–Kier alpha value is -3.45. The molecule has 0 radical (unpaired) electrons. The van der Waals surface area contributed by atoms with Gasteiger partial charge in [0, 0.05) is 30.9 Å². The number of carbonyl (C=O) groups excluding carboxylic acids is 1. The number of nitrogens with zero attached hydrogens (tertiary/aromatic N) is 3. The first-order valence-electron chi connectivity index (χ1n) is 9.35. The van der Waals surface area contributed by atoms with E-state index >= 15 is 0 Å². The van der Waals surface area contributed by atoms with Gasteiger partial charge in [-0.1, -0.05) is 30.3 Å². The molecule has 1 N–H and O–H groups in total. The third kappa shape index (κ3) is 3.90. The van der Waals surface area contributed by atoms with Crippen LogP contribution in [-0.4, -0.2) is 42.3 Å². The van der Waals surface area contributed by atoms with Gasteiger partial charge < -0.3 is 14.8 Å². The lowest BCUT2D eigenvalue weighted by molar-refractivity contribution is 0.0976. The summed E-state index contributed by atoms with van der Waals surface area (Å²) in [6.07, 6.45) is 3.75. The molecule has 3 aromatic rings. The van der Waals surface area contributed by atoms with Crippen molar-refractivity contribution in [3.63, 3.8) is 0 Å². The lowest BCUT2D eigenvalue weighted by Crippen LogP contribution is -2.30. The number of rotatable bonds is 6. The lowest BCUT2D eigenvalue weighted by Gasteiger charge is -2.10. The van der Waals surface area contributed by atoms with Gasteiger partial charge in [0.05, 0.1) is 37.7 Å². The van der Waals surface area contributed by atoms with E-state index in [1.807, 2.05) is 42.5 Å². The number of carbonyl (C=O) groups is 1. The number of aliphatic imine (C=N–C) groups is 1. The molecule has 0 bridgehead atoms. The number of hydrogen-bond acceptors (Lipinski definition) is 5. The molecular formula is C22H22N4O3.